The summed E-state index contributed by atoms with van der Waals surface area (Å²) in [4.78, 5) is 59.1. The van der Waals surface area contributed by atoms with E-state index in [9.17, 15) is 29.4 Å². The summed E-state index contributed by atoms with van der Waals surface area (Å²) in [5, 5.41) is 21.6. The van der Waals surface area contributed by atoms with Gasteiger partial charge in [0.25, 0.3) is 0 Å². The first kappa shape index (κ1) is 23.3. The Hall–Kier alpha value is -4.60. The van der Waals surface area contributed by atoms with Gasteiger partial charge >= 0.3 is 11.9 Å². The minimum absolute atomic E-state index is 0.107. The molecule has 6 heterocycles. The van der Waals surface area contributed by atoms with E-state index in [1.165, 1.54) is 9.80 Å². The van der Waals surface area contributed by atoms with E-state index in [0.29, 0.717) is 25.7 Å². The third-order valence-corrected chi connectivity index (χ3v) is 9.43. The first-order valence-corrected chi connectivity index (χ1v) is 13.7. The number of amides is 2. The van der Waals surface area contributed by atoms with Crippen LogP contribution in [0.4, 0.5) is 0 Å². The van der Waals surface area contributed by atoms with Gasteiger partial charge in [0, 0.05) is 58.9 Å². The van der Waals surface area contributed by atoms with E-state index in [2.05, 4.69) is 22.1 Å². The van der Waals surface area contributed by atoms with Gasteiger partial charge in [-0.05, 0) is 47.2 Å². The topological polar surface area (TPSA) is 147 Å². The number of hydrogen-bond donors (Lipinski definition) is 4. The van der Waals surface area contributed by atoms with Crippen molar-refractivity contribution in [2.75, 3.05) is 0 Å². The first-order valence-electron chi connectivity index (χ1n) is 13.7. The molecule has 40 heavy (non-hydrogen) atoms. The molecule has 4 atom stereocenters. The summed E-state index contributed by atoms with van der Waals surface area (Å²) in [7, 11) is 0. The van der Waals surface area contributed by atoms with Gasteiger partial charge < -0.3 is 30.0 Å². The second-order valence-corrected chi connectivity index (χ2v) is 11.4. The molecule has 2 aromatic carbocycles. The molecule has 4 aliphatic rings. The number of aromatic nitrogens is 2. The fraction of sp³-hybridized carbons (Fsp3) is 0.333. The van der Waals surface area contributed by atoms with Crippen LogP contribution in [0, 0.1) is 0 Å². The predicted molar refractivity (Wildman–Crippen MR) is 143 cm³/mol. The highest BCUT2D eigenvalue weighted by Gasteiger charge is 2.47. The third kappa shape index (κ3) is 3.04. The monoisotopic (exact) mass is 538 g/mol. The van der Waals surface area contributed by atoms with Crippen LogP contribution in [0.1, 0.15) is 60.3 Å². The Bertz CT molecular complexity index is 1690. The summed E-state index contributed by atoms with van der Waals surface area (Å²) in [6, 6.07) is 10.0. The number of carboxylic acid groups (broad SMARTS) is 2. The summed E-state index contributed by atoms with van der Waals surface area (Å²) < 4.78 is 0. The average molecular weight is 539 g/mol. The Labute approximate surface area is 227 Å². The molecule has 10 nitrogen and oxygen atoms in total. The second-order valence-electron chi connectivity index (χ2n) is 11.4. The summed E-state index contributed by atoms with van der Waals surface area (Å²) >= 11 is 0. The van der Waals surface area contributed by atoms with Crippen LogP contribution in [0.25, 0.3) is 32.9 Å². The molecular weight excluding hydrogens is 512 g/mol. The van der Waals surface area contributed by atoms with Crippen LogP contribution in [0.15, 0.2) is 36.4 Å². The zero-order chi connectivity index (χ0) is 27.4. The van der Waals surface area contributed by atoms with Crippen LogP contribution in [0.2, 0.25) is 0 Å². The molecular formula is C30H26N4O6. The lowest BCUT2D eigenvalue weighted by Crippen LogP contribution is -2.47. The Kier molecular flexibility index (Phi) is 4.64. The molecule has 4 N–H and O–H groups in total. The van der Waals surface area contributed by atoms with Crippen molar-refractivity contribution in [3.8, 4) is 11.1 Å². The molecule has 0 spiro atoms. The molecule has 202 valence electrons. The molecule has 0 aliphatic carbocycles. The fourth-order valence-corrected chi connectivity index (χ4v) is 7.67. The number of nitrogens with one attached hydrogen (secondary N) is 2. The summed E-state index contributed by atoms with van der Waals surface area (Å²) in [5.41, 5.74) is 7.60. The van der Waals surface area contributed by atoms with E-state index in [1.54, 1.807) is 0 Å². The number of fused-ring (bicyclic) bond motifs is 10. The average Bonchev–Trinajstić information content (AvgIpc) is 3.70. The number of hydrogen-bond acceptors (Lipinski definition) is 4. The van der Waals surface area contributed by atoms with Crippen LogP contribution in [-0.2, 0) is 32.0 Å². The van der Waals surface area contributed by atoms with Gasteiger partial charge in [-0.25, -0.2) is 9.59 Å². The predicted octanol–water partition coefficient (Wildman–Crippen LogP) is 3.66. The Morgan fingerprint density at radius 3 is 1.52 bits per heavy atom. The minimum Gasteiger partial charge on any atom is -0.480 e. The van der Waals surface area contributed by atoms with Gasteiger partial charge in [-0.2, -0.15) is 0 Å². The maximum atomic E-state index is 12.5. The van der Waals surface area contributed by atoms with Gasteiger partial charge in [-0.3, -0.25) is 9.59 Å². The smallest absolute Gasteiger partial charge is 0.326 e. The van der Waals surface area contributed by atoms with Crippen molar-refractivity contribution in [1.29, 1.82) is 0 Å². The molecule has 0 unspecified atom stereocenters. The van der Waals surface area contributed by atoms with Crippen molar-refractivity contribution < 1.29 is 29.4 Å². The molecule has 0 saturated carbocycles. The Morgan fingerprint density at radius 2 is 1.12 bits per heavy atom. The number of carbonyl (C=O) groups excluding carboxylic acids is 2. The number of carboxylic acids is 2. The molecule has 8 rings (SSSR count). The lowest BCUT2D eigenvalue weighted by molar-refractivity contribution is -0.150. The number of nitrogens with zero attached hydrogens (tertiary/aromatic N) is 2. The third-order valence-electron chi connectivity index (χ3n) is 9.43. The van der Waals surface area contributed by atoms with Gasteiger partial charge in [-0.1, -0.05) is 24.3 Å². The molecule has 0 bridgehead atoms. The summed E-state index contributed by atoms with van der Waals surface area (Å²) in [6.07, 6.45) is 2.49. The lowest BCUT2D eigenvalue weighted by atomic mass is 9.91. The number of aromatic amines is 2. The van der Waals surface area contributed by atoms with Crippen molar-refractivity contribution in [2.45, 2.75) is 62.7 Å². The Balaban J connectivity index is 1.19. The summed E-state index contributed by atoms with van der Waals surface area (Å²) in [5.74, 6) is -2.16. The minimum atomic E-state index is -0.974. The highest BCUT2D eigenvalue weighted by Crippen LogP contribution is 2.45. The van der Waals surface area contributed by atoms with Gasteiger partial charge in [0.1, 0.15) is 12.1 Å². The molecule has 2 amide bonds. The maximum absolute atomic E-state index is 12.5. The summed E-state index contributed by atoms with van der Waals surface area (Å²) in [6.45, 7) is 0. The second kappa shape index (κ2) is 7.97. The van der Waals surface area contributed by atoms with E-state index in [4.69, 9.17) is 0 Å². The SMILES string of the molecule is O=C(O)[C@H]1Cc2c([nH]c3cc(-c4ccc5c6c([nH]c5c4)[C@@H]4CCC(=O)N4[C@H](C(=O)O)C6)ccc23)[C@H]2CCC(=O)N12. The standard InChI is InChI=1S/C30H26N4O6/c35-25-7-5-21-27-17(11-23(29(37)38)33(21)25)15-3-1-13(9-19(15)31-27)14-2-4-16-18-12-24(30(39)40)34-22(6-8-26(34)36)28(18)32-20(16)10-14/h1-4,9-10,21-24,31-32H,5-8,11-12H2,(H,37,38)(H,39,40)/t21-,22+,23-,24+. The largest absolute Gasteiger partial charge is 0.480 e. The lowest BCUT2D eigenvalue weighted by Gasteiger charge is -2.35. The van der Waals surface area contributed by atoms with Crippen LogP contribution in [0.5, 0.6) is 0 Å². The number of aliphatic carboxylic acids is 2. The fourth-order valence-electron chi connectivity index (χ4n) is 7.67. The van der Waals surface area contributed by atoms with E-state index < -0.39 is 24.0 Å². The van der Waals surface area contributed by atoms with E-state index in [-0.39, 0.29) is 36.7 Å². The molecule has 4 aliphatic heterocycles. The number of H-pyrrole nitrogens is 2. The van der Waals surface area contributed by atoms with Crippen LogP contribution >= 0.6 is 0 Å². The molecule has 10 heteroatoms. The van der Waals surface area contributed by atoms with E-state index in [1.807, 2.05) is 24.3 Å². The van der Waals surface area contributed by atoms with Crippen LogP contribution in [-0.4, -0.2) is 65.8 Å². The molecule has 4 aromatic rings. The number of benzene rings is 2. The van der Waals surface area contributed by atoms with Crippen molar-refractivity contribution in [3.05, 3.63) is 58.9 Å². The number of carbonyl (C=O) groups is 4. The van der Waals surface area contributed by atoms with Gasteiger partial charge in [0.15, 0.2) is 0 Å². The van der Waals surface area contributed by atoms with Crippen LogP contribution in [0.3, 0.4) is 0 Å². The zero-order valence-electron chi connectivity index (χ0n) is 21.4. The maximum Gasteiger partial charge on any atom is 0.326 e. The Morgan fingerprint density at radius 1 is 0.700 bits per heavy atom. The molecule has 2 aromatic heterocycles. The number of rotatable bonds is 3. The zero-order valence-corrected chi connectivity index (χ0v) is 21.4. The molecule has 2 saturated heterocycles. The van der Waals surface area contributed by atoms with E-state index in [0.717, 1.165) is 55.4 Å². The normalized spacial score (nSPS) is 25.3. The molecule has 0 radical (unpaired) electrons. The van der Waals surface area contributed by atoms with Crippen molar-refractivity contribution in [1.82, 2.24) is 19.8 Å². The van der Waals surface area contributed by atoms with E-state index >= 15 is 0 Å². The van der Waals surface area contributed by atoms with Crippen molar-refractivity contribution >= 4 is 45.6 Å². The van der Waals surface area contributed by atoms with Crippen molar-refractivity contribution in [3.63, 3.8) is 0 Å². The van der Waals surface area contributed by atoms with Gasteiger partial charge in [0.2, 0.25) is 11.8 Å². The van der Waals surface area contributed by atoms with Crippen molar-refractivity contribution in [2.24, 2.45) is 0 Å². The first-order chi connectivity index (χ1) is 19.3. The van der Waals surface area contributed by atoms with Gasteiger partial charge in [0.05, 0.1) is 12.1 Å². The van der Waals surface area contributed by atoms with Gasteiger partial charge in [-0.15, -0.1) is 0 Å². The highest BCUT2D eigenvalue weighted by atomic mass is 16.4. The highest BCUT2D eigenvalue weighted by molar-refractivity contribution is 5.96. The quantitative estimate of drug-likeness (QED) is 0.313. The molecule has 2 fully saturated rings. The van der Waals surface area contributed by atoms with Crippen LogP contribution < -0.4 is 0 Å².